The second-order valence-corrected chi connectivity index (χ2v) is 8.82. The summed E-state index contributed by atoms with van der Waals surface area (Å²) in [6, 6.07) is 14.8. The lowest BCUT2D eigenvalue weighted by molar-refractivity contribution is 0.0125. The van der Waals surface area contributed by atoms with Gasteiger partial charge in [0.2, 0.25) is 0 Å². The Kier molecular flexibility index (Phi) is 6.04. The maximum absolute atomic E-state index is 13.7. The van der Waals surface area contributed by atoms with Crippen molar-refractivity contribution in [3.8, 4) is 22.3 Å². The van der Waals surface area contributed by atoms with E-state index in [4.69, 9.17) is 11.6 Å². The minimum absolute atomic E-state index is 0.0643. The SMILES string of the molecule is CC(F)(F)c1ccc(Cn2nc3c(-c4ccncc4)c(-c4ccc(Cl)cc4)ccn3c2=O)c(C(=O)O)n1. The van der Waals surface area contributed by atoms with Crippen LogP contribution in [0.5, 0.6) is 0 Å². The predicted octanol–water partition coefficient (Wildman–Crippen LogP) is 5.13. The Labute approximate surface area is 213 Å². The largest absolute Gasteiger partial charge is 0.477 e. The highest BCUT2D eigenvalue weighted by molar-refractivity contribution is 6.30. The third-order valence-corrected chi connectivity index (χ3v) is 6.08. The van der Waals surface area contributed by atoms with E-state index < -0.39 is 29.0 Å². The zero-order valence-electron chi connectivity index (χ0n) is 19.3. The highest BCUT2D eigenvalue weighted by Gasteiger charge is 2.28. The van der Waals surface area contributed by atoms with Gasteiger partial charge < -0.3 is 5.11 Å². The van der Waals surface area contributed by atoms with Crippen LogP contribution in [0.25, 0.3) is 27.9 Å². The summed E-state index contributed by atoms with van der Waals surface area (Å²) in [5.74, 6) is -4.81. The molecule has 4 heterocycles. The maximum Gasteiger partial charge on any atom is 0.354 e. The Morgan fingerprint density at radius 1 is 1.03 bits per heavy atom. The van der Waals surface area contributed by atoms with E-state index in [9.17, 15) is 23.5 Å². The summed E-state index contributed by atoms with van der Waals surface area (Å²) in [5, 5.41) is 14.7. The molecule has 1 aromatic carbocycles. The number of carboxylic acid groups (broad SMARTS) is 1. The molecule has 1 N–H and O–H groups in total. The lowest BCUT2D eigenvalue weighted by atomic mass is 9.96. The second kappa shape index (κ2) is 9.21. The van der Waals surface area contributed by atoms with Crippen molar-refractivity contribution < 1.29 is 18.7 Å². The normalized spacial score (nSPS) is 11.7. The van der Waals surface area contributed by atoms with Crippen molar-refractivity contribution in [3.05, 3.63) is 106 Å². The molecule has 0 amide bonds. The lowest BCUT2D eigenvalue weighted by Gasteiger charge is -2.12. The van der Waals surface area contributed by atoms with E-state index in [1.807, 2.05) is 12.1 Å². The lowest BCUT2D eigenvalue weighted by Crippen LogP contribution is -2.23. The van der Waals surface area contributed by atoms with Gasteiger partial charge in [0.05, 0.1) is 6.54 Å². The van der Waals surface area contributed by atoms with E-state index in [1.165, 1.54) is 10.5 Å². The molecule has 37 heavy (non-hydrogen) atoms. The van der Waals surface area contributed by atoms with Gasteiger partial charge in [-0.2, -0.15) is 8.78 Å². The summed E-state index contributed by atoms with van der Waals surface area (Å²) in [5.41, 5.74) is 1.64. The number of nitrogens with zero attached hydrogens (tertiary/aromatic N) is 5. The number of halogens is 3. The molecule has 0 saturated heterocycles. The molecule has 5 aromatic rings. The Bertz CT molecular complexity index is 1690. The number of pyridine rings is 3. The van der Waals surface area contributed by atoms with Crippen molar-refractivity contribution >= 4 is 23.2 Å². The van der Waals surface area contributed by atoms with Crippen LogP contribution in [0.2, 0.25) is 5.02 Å². The molecule has 0 saturated carbocycles. The number of benzene rings is 1. The zero-order chi connectivity index (χ0) is 26.3. The fourth-order valence-electron chi connectivity index (χ4n) is 4.06. The van der Waals surface area contributed by atoms with Crippen molar-refractivity contribution in [2.45, 2.75) is 19.4 Å². The van der Waals surface area contributed by atoms with Gasteiger partial charge in [0.15, 0.2) is 11.3 Å². The Morgan fingerprint density at radius 3 is 2.38 bits per heavy atom. The minimum atomic E-state index is -3.32. The molecule has 0 fully saturated rings. The van der Waals surface area contributed by atoms with E-state index in [2.05, 4.69) is 15.1 Å². The third kappa shape index (κ3) is 4.58. The van der Waals surface area contributed by atoms with Crippen LogP contribution in [0.15, 0.2) is 78.0 Å². The second-order valence-electron chi connectivity index (χ2n) is 8.38. The van der Waals surface area contributed by atoms with Crippen LogP contribution in [-0.4, -0.2) is 35.2 Å². The first kappa shape index (κ1) is 24.3. The summed E-state index contributed by atoms with van der Waals surface area (Å²) >= 11 is 6.06. The van der Waals surface area contributed by atoms with Crippen LogP contribution >= 0.6 is 11.6 Å². The molecule has 11 heteroatoms. The molecule has 4 aromatic heterocycles. The average molecular weight is 522 g/mol. The smallest absolute Gasteiger partial charge is 0.354 e. The first-order valence-corrected chi connectivity index (χ1v) is 11.4. The number of fused-ring (bicyclic) bond motifs is 1. The summed E-state index contributed by atoms with van der Waals surface area (Å²) in [6.07, 6.45) is 4.82. The first-order chi connectivity index (χ1) is 17.6. The van der Waals surface area contributed by atoms with Crippen molar-refractivity contribution in [1.82, 2.24) is 24.1 Å². The minimum Gasteiger partial charge on any atom is -0.477 e. The summed E-state index contributed by atoms with van der Waals surface area (Å²) in [6.45, 7) is 0.350. The van der Waals surface area contributed by atoms with Crippen LogP contribution in [0.1, 0.15) is 28.7 Å². The molecule has 5 rings (SSSR count). The summed E-state index contributed by atoms with van der Waals surface area (Å²) in [7, 11) is 0. The summed E-state index contributed by atoms with van der Waals surface area (Å²) < 4.78 is 29.9. The van der Waals surface area contributed by atoms with Gasteiger partial charge in [0.1, 0.15) is 5.69 Å². The van der Waals surface area contributed by atoms with Crippen LogP contribution in [0, 0.1) is 0 Å². The number of hydrogen-bond donors (Lipinski definition) is 1. The number of aromatic nitrogens is 5. The van der Waals surface area contributed by atoms with Gasteiger partial charge in [-0.3, -0.25) is 4.98 Å². The van der Waals surface area contributed by atoms with Crippen LogP contribution in [0.4, 0.5) is 8.78 Å². The first-order valence-electron chi connectivity index (χ1n) is 11.0. The number of hydrogen-bond acceptors (Lipinski definition) is 5. The molecule has 0 aliphatic carbocycles. The Balaban J connectivity index is 1.69. The van der Waals surface area contributed by atoms with E-state index in [-0.39, 0.29) is 12.1 Å². The molecule has 0 aliphatic rings. The topological polar surface area (TPSA) is 102 Å². The van der Waals surface area contributed by atoms with Gasteiger partial charge in [-0.15, -0.1) is 5.10 Å². The fraction of sp³-hybridized carbons (Fsp3) is 0.115. The van der Waals surface area contributed by atoms with Crippen LogP contribution < -0.4 is 5.69 Å². The molecular formula is C26H18ClF2N5O3. The fourth-order valence-corrected chi connectivity index (χ4v) is 4.19. The Morgan fingerprint density at radius 2 is 1.73 bits per heavy atom. The van der Waals surface area contributed by atoms with Crippen molar-refractivity contribution in [2.75, 3.05) is 0 Å². The number of carboxylic acids is 1. The Hall–Kier alpha value is -4.44. The van der Waals surface area contributed by atoms with Gasteiger partial charge in [-0.25, -0.2) is 23.7 Å². The molecule has 8 nitrogen and oxygen atoms in total. The van der Waals surface area contributed by atoms with Gasteiger partial charge in [0, 0.05) is 41.7 Å². The number of aromatic carboxylic acids is 1. The number of rotatable bonds is 6. The van der Waals surface area contributed by atoms with Gasteiger partial charge in [0.25, 0.3) is 5.92 Å². The predicted molar refractivity (Wildman–Crippen MR) is 133 cm³/mol. The molecule has 0 unspecified atom stereocenters. The molecule has 186 valence electrons. The van der Waals surface area contributed by atoms with Gasteiger partial charge in [-0.1, -0.05) is 29.8 Å². The number of carbonyl (C=O) groups is 1. The molecule has 0 radical (unpaired) electrons. The van der Waals surface area contributed by atoms with E-state index in [0.717, 1.165) is 27.4 Å². The van der Waals surface area contributed by atoms with E-state index >= 15 is 0 Å². The third-order valence-electron chi connectivity index (χ3n) is 5.83. The zero-order valence-corrected chi connectivity index (χ0v) is 20.0. The number of alkyl halides is 2. The molecule has 0 atom stereocenters. The van der Waals surface area contributed by atoms with Crippen molar-refractivity contribution in [3.63, 3.8) is 0 Å². The van der Waals surface area contributed by atoms with Crippen molar-refractivity contribution in [2.24, 2.45) is 0 Å². The maximum atomic E-state index is 13.7. The van der Waals surface area contributed by atoms with Crippen LogP contribution in [-0.2, 0) is 12.5 Å². The highest BCUT2D eigenvalue weighted by Crippen LogP contribution is 2.35. The van der Waals surface area contributed by atoms with Gasteiger partial charge in [-0.05, 0) is 53.1 Å². The van der Waals surface area contributed by atoms with Gasteiger partial charge >= 0.3 is 11.7 Å². The van der Waals surface area contributed by atoms with Crippen molar-refractivity contribution in [1.29, 1.82) is 0 Å². The molecule has 0 spiro atoms. The summed E-state index contributed by atoms with van der Waals surface area (Å²) in [4.78, 5) is 32.7. The molecule has 0 bridgehead atoms. The highest BCUT2D eigenvalue weighted by atomic mass is 35.5. The van der Waals surface area contributed by atoms with E-state index in [0.29, 0.717) is 23.2 Å². The van der Waals surface area contributed by atoms with E-state index in [1.54, 1.807) is 48.9 Å². The molecular weight excluding hydrogens is 504 g/mol. The average Bonchev–Trinajstić information content (AvgIpc) is 3.19. The standard InChI is InChI=1S/C26H18ClF2N5O3/c1-26(28,29)20-7-4-17(22(31-20)24(35)36)14-34-25(37)33-13-10-19(15-2-5-18(27)6-3-15)21(23(33)32-34)16-8-11-30-12-9-16/h2-13H,14H2,1H3,(H,35,36). The monoisotopic (exact) mass is 521 g/mol. The molecule has 0 aliphatic heterocycles. The van der Waals surface area contributed by atoms with Crippen LogP contribution in [0.3, 0.4) is 0 Å². The quantitative estimate of drug-likeness (QED) is 0.332.